The zero-order chi connectivity index (χ0) is 14.9. The number of benzene rings is 1. The third-order valence-electron chi connectivity index (χ3n) is 3.48. The fraction of sp³-hybridized carbons (Fsp3) is 0.267. The molecule has 0 amide bonds. The first kappa shape index (κ1) is 14.8. The van der Waals surface area contributed by atoms with Gasteiger partial charge in [-0.1, -0.05) is 23.8 Å². The van der Waals surface area contributed by atoms with E-state index in [1.807, 2.05) is 32.0 Å². The van der Waals surface area contributed by atoms with Gasteiger partial charge in [0, 0.05) is 16.9 Å². The van der Waals surface area contributed by atoms with Crippen molar-refractivity contribution in [2.75, 3.05) is 0 Å². The standard InChI is InChI=1S/C15H19NO3S/c1-11-7-8-12(2)14(10-11)13(3)20(18,19)15-6-4-5-9-16(15)17/h4-10,13H,1-3H3,(H2-,17,18,19)/p+1. The van der Waals surface area contributed by atoms with E-state index in [0.29, 0.717) is 0 Å². The number of pyridine rings is 1. The van der Waals surface area contributed by atoms with Crippen LogP contribution in [-0.2, 0) is 0 Å². The molecule has 1 atom stereocenters. The van der Waals surface area contributed by atoms with Crippen LogP contribution in [0.4, 0.5) is 0 Å². The molecule has 108 valence electrons. The summed E-state index contributed by atoms with van der Waals surface area (Å²) in [5.41, 5.74) is 2.95. The largest absolute Gasteiger partial charge is 0.344 e. The molecule has 5 heteroatoms. The molecule has 0 aliphatic rings. The Labute approximate surface area is 120 Å². The van der Waals surface area contributed by atoms with Gasteiger partial charge in [-0.15, -0.1) is 10.6 Å². The number of hydrogen-bond donors (Lipinski definition) is 3. The van der Waals surface area contributed by atoms with Crippen molar-refractivity contribution in [2.24, 2.45) is 0 Å². The summed E-state index contributed by atoms with van der Waals surface area (Å²) in [6.45, 7) is 5.68. The van der Waals surface area contributed by atoms with Crippen molar-refractivity contribution in [3.8, 4) is 0 Å². The second-order valence-corrected chi connectivity index (χ2v) is 7.29. The summed E-state index contributed by atoms with van der Waals surface area (Å²) in [6.07, 6.45) is 1.39. The van der Waals surface area contributed by atoms with E-state index in [9.17, 15) is 14.3 Å². The Morgan fingerprint density at radius 3 is 2.45 bits per heavy atom. The summed E-state index contributed by atoms with van der Waals surface area (Å²) in [6, 6.07) is 10.7. The molecule has 0 aliphatic heterocycles. The van der Waals surface area contributed by atoms with Gasteiger partial charge in [-0.05, 0) is 38.0 Å². The van der Waals surface area contributed by atoms with Crippen LogP contribution in [0.5, 0.6) is 0 Å². The molecule has 0 saturated heterocycles. The van der Waals surface area contributed by atoms with Gasteiger partial charge in [0.1, 0.15) is 0 Å². The van der Waals surface area contributed by atoms with Crippen LogP contribution in [0, 0.1) is 13.8 Å². The van der Waals surface area contributed by atoms with Gasteiger partial charge in [0.25, 0.3) is 0 Å². The summed E-state index contributed by atoms with van der Waals surface area (Å²) in [5.74, 6) is 0. The summed E-state index contributed by atoms with van der Waals surface area (Å²) < 4.78 is 21.9. The molecule has 0 bridgehead atoms. The highest BCUT2D eigenvalue weighted by Gasteiger charge is 2.34. The fourth-order valence-electron chi connectivity index (χ4n) is 2.21. The third kappa shape index (κ3) is 2.65. The molecule has 2 rings (SSSR count). The summed E-state index contributed by atoms with van der Waals surface area (Å²) in [7, 11) is -3.15. The molecule has 20 heavy (non-hydrogen) atoms. The fourth-order valence-corrected chi connectivity index (χ4v) is 3.80. The predicted octanol–water partition coefficient (Wildman–Crippen LogP) is 3.70. The average Bonchev–Trinajstić information content (AvgIpc) is 2.41. The van der Waals surface area contributed by atoms with Gasteiger partial charge < -0.3 is 0 Å². The Morgan fingerprint density at radius 1 is 1.10 bits per heavy atom. The van der Waals surface area contributed by atoms with Gasteiger partial charge in [-0.2, -0.15) is 0 Å². The average molecular weight is 294 g/mol. The number of aromatic nitrogens is 1. The van der Waals surface area contributed by atoms with Crippen molar-refractivity contribution in [3.63, 3.8) is 0 Å². The maximum Gasteiger partial charge on any atom is 0.344 e. The maximum absolute atomic E-state index is 10.6. The Bertz CT molecular complexity index is 628. The van der Waals surface area contributed by atoms with E-state index in [2.05, 4.69) is 0 Å². The molecule has 2 aromatic rings. The molecule has 1 aromatic carbocycles. The quantitative estimate of drug-likeness (QED) is 0.597. The molecule has 0 spiro atoms. The molecule has 0 fully saturated rings. The minimum atomic E-state index is -3.15. The van der Waals surface area contributed by atoms with Crippen molar-refractivity contribution >= 4 is 10.6 Å². The van der Waals surface area contributed by atoms with Crippen LogP contribution in [-0.4, -0.2) is 14.3 Å². The van der Waals surface area contributed by atoms with Crippen LogP contribution in [0.2, 0.25) is 0 Å². The topological polar surface area (TPSA) is 64.6 Å². The van der Waals surface area contributed by atoms with Gasteiger partial charge in [-0.3, -0.25) is 14.3 Å². The van der Waals surface area contributed by atoms with E-state index in [-0.39, 0.29) is 5.03 Å². The van der Waals surface area contributed by atoms with E-state index >= 15 is 0 Å². The predicted molar refractivity (Wildman–Crippen MR) is 79.3 cm³/mol. The Hall–Kier alpha value is -1.56. The molecule has 0 aliphatic carbocycles. The van der Waals surface area contributed by atoms with Crippen molar-refractivity contribution < 1.29 is 19.0 Å². The van der Waals surface area contributed by atoms with E-state index < -0.39 is 15.8 Å². The summed E-state index contributed by atoms with van der Waals surface area (Å²) in [4.78, 5) is 0. The van der Waals surface area contributed by atoms with Crippen LogP contribution < -0.4 is 4.73 Å². The van der Waals surface area contributed by atoms with Crippen molar-refractivity contribution in [1.29, 1.82) is 0 Å². The molecule has 0 radical (unpaired) electrons. The van der Waals surface area contributed by atoms with Gasteiger partial charge in [0.2, 0.25) is 6.20 Å². The minimum absolute atomic E-state index is 0.119. The van der Waals surface area contributed by atoms with Gasteiger partial charge in [-0.25, -0.2) is 0 Å². The SMILES string of the molecule is Cc1ccc(C)c(C(C)S(O)(O)c2cccc[n+]2O)c1. The Kier molecular flexibility index (Phi) is 4.04. The lowest BCUT2D eigenvalue weighted by Crippen LogP contribution is -2.36. The molecule has 1 heterocycles. The normalized spacial score (nSPS) is 14.1. The number of aryl methyl sites for hydroxylation is 2. The van der Waals surface area contributed by atoms with Crippen molar-refractivity contribution in [1.82, 2.24) is 0 Å². The molecule has 4 nitrogen and oxygen atoms in total. The summed E-state index contributed by atoms with van der Waals surface area (Å²) in [5, 5.41) is 9.41. The lowest BCUT2D eigenvalue weighted by Gasteiger charge is -2.35. The molecular weight excluding hydrogens is 274 g/mol. The Morgan fingerprint density at radius 2 is 1.80 bits per heavy atom. The lowest BCUT2D eigenvalue weighted by atomic mass is 10.0. The second-order valence-electron chi connectivity index (χ2n) is 4.98. The van der Waals surface area contributed by atoms with Crippen LogP contribution in [0.25, 0.3) is 0 Å². The van der Waals surface area contributed by atoms with Crippen LogP contribution in [0.1, 0.15) is 28.9 Å². The van der Waals surface area contributed by atoms with Crippen molar-refractivity contribution in [3.05, 3.63) is 59.3 Å². The first-order valence-corrected chi connectivity index (χ1v) is 7.99. The van der Waals surface area contributed by atoms with Gasteiger partial charge >= 0.3 is 5.03 Å². The van der Waals surface area contributed by atoms with E-state index in [1.165, 1.54) is 12.3 Å². The van der Waals surface area contributed by atoms with Gasteiger partial charge in [0.15, 0.2) is 0 Å². The molecular formula is C15H20NO3S+. The second kappa shape index (κ2) is 5.44. The highest BCUT2D eigenvalue weighted by molar-refractivity contribution is 8.24. The zero-order valence-corrected chi connectivity index (χ0v) is 12.6. The van der Waals surface area contributed by atoms with Crippen LogP contribution >= 0.6 is 10.6 Å². The zero-order valence-electron chi connectivity index (χ0n) is 11.8. The van der Waals surface area contributed by atoms with E-state index in [0.717, 1.165) is 21.4 Å². The monoisotopic (exact) mass is 294 g/mol. The molecule has 1 aromatic heterocycles. The third-order valence-corrected chi connectivity index (χ3v) is 5.66. The smallest absolute Gasteiger partial charge is 0.290 e. The van der Waals surface area contributed by atoms with E-state index in [4.69, 9.17) is 0 Å². The Balaban J connectivity index is 2.48. The first-order valence-electron chi connectivity index (χ1n) is 6.38. The number of rotatable bonds is 3. The van der Waals surface area contributed by atoms with Crippen LogP contribution in [0.3, 0.4) is 0 Å². The van der Waals surface area contributed by atoms with Crippen LogP contribution in [0.15, 0.2) is 47.6 Å². The molecule has 0 saturated carbocycles. The van der Waals surface area contributed by atoms with E-state index in [1.54, 1.807) is 19.1 Å². The highest BCUT2D eigenvalue weighted by atomic mass is 32.3. The minimum Gasteiger partial charge on any atom is -0.290 e. The summed E-state index contributed by atoms with van der Waals surface area (Å²) >= 11 is 0. The first-order chi connectivity index (χ1) is 9.34. The maximum atomic E-state index is 10.6. The van der Waals surface area contributed by atoms with Gasteiger partial charge in [0.05, 0.1) is 5.25 Å². The lowest BCUT2D eigenvalue weighted by molar-refractivity contribution is -0.933. The molecule has 1 unspecified atom stereocenters. The molecule has 3 N–H and O–H groups in total. The number of nitrogens with zero attached hydrogens (tertiary/aromatic N) is 1. The highest BCUT2D eigenvalue weighted by Crippen LogP contribution is 2.58. The number of hydrogen-bond acceptors (Lipinski definition) is 3. The van der Waals surface area contributed by atoms with Crippen molar-refractivity contribution in [2.45, 2.75) is 31.0 Å².